The van der Waals surface area contributed by atoms with Crippen molar-refractivity contribution in [3.8, 4) is 17.2 Å². The van der Waals surface area contributed by atoms with E-state index in [1.807, 2.05) is 43.3 Å². The number of carbonyl (C=O) groups is 1. The smallest absolute Gasteiger partial charge is 0.231 e. The molecule has 0 saturated carbocycles. The van der Waals surface area contributed by atoms with Gasteiger partial charge in [-0.25, -0.2) is 4.98 Å². The third-order valence-electron chi connectivity index (χ3n) is 4.93. The van der Waals surface area contributed by atoms with Crippen LogP contribution >= 0.6 is 0 Å². The van der Waals surface area contributed by atoms with Gasteiger partial charge in [0.2, 0.25) is 5.89 Å². The highest BCUT2D eigenvalue weighted by atomic mass is 16.5. The molecule has 1 aromatic heterocycles. The van der Waals surface area contributed by atoms with E-state index in [0.29, 0.717) is 51.7 Å². The number of oxazole rings is 1. The fourth-order valence-electron chi connectivity index (χ4n) is 3.42. The number of hydrogen-bond acceptors (Lipinski definition) is 6. The lowest BCUT2D eigenvalue weighted by Gasteiger charge is -2.11. The highest BCUT2D eigenvalue weighted by molar-refractivity contribution is 6.31. The van der Waals surface area contributed by atoms with Crippen molar-refractivity contribution >= 4 is 28.5 Å². The molecule has 0 fully saturated rings. The molecular formula is C26H23NO5. The van der Waals surface area contributed by atoms with Gasteiger partial charge < -0.3 is 18.6 Å². The molecule has 0 unspecified atom stereocenters. The fraction of sp³-hybridized carbons (Fsp3) is 0.154. The molecule has 0 bridgehead atoms. The number of aromatic nitrogens is 1. The van der Waals surface area contributed by atoms with Crippen LogP contribution in [0.5, 0.6) is 17.2 Å². The average molecular weight is 429 g/mol. The lowest BCUT2D eigenvalue weighted by Crippen LogP contribution is -2.04. The van der Waals surface area contributed by atoms with Crippen LogP contribution in [0.2, 0.25) is 0 Å². The molecule has 0 amide bonds. The van der Waals surface area contributed by atoms with Gasteiger partial charge >= 0.3 is 0 Å². The van der Waals surface area contributed by atoms with Crippen molar-refractivity contribution in [3.05, 3.63) is 83.7 Å². The van der Waals surface area contributed by atoms with Crippen molar-refractivity contribution < 1.29 is 23.4 Å². The van der Waals surface area contributed by atoms with Gasteiger partial charge in [0.1, 0.15) is 11.3 Å². The maximum atomic E-state index is 13.6. The topological polar surface area (TPSA) is 70.8 Å². The lowest BCUT2D eigenvalue weighted by atomic mass is 10.00. The number of hydrogen-bond donors (Lipinski definition) is 0. The van der Waals surface area contributed by atoms with Gasteiger partial charge in [-0.05, 0) is 55.5 Å². The van der Waals surface area contributed by atoms with Gasteiger partial charge in [-0.2, -0.15) is 0 Å². The lowest BCUT2D eigenvalue weighted by molar-refractivity contribution is 0.105. The van der Waals surface area contributed by atoms with Crippen molar-refractivity contribution in [3.63, 3.8) is 0 Å². The first-order valence-electron chi connectivity index (χ1n) is 10.2. The first-order chi connectivity index (χ1) is 15.6. The third kappa shape index (κ3) is 4.21. The van der Waals surface area contributed by atoms with Crippen molar-refractivity contribution in [1.29, 1.82) is 0 Å². The predicted molar refractivity (Wildman–Crippen MR) is 123 cm³/mol. The quantitative estimate of drug-likeness (QED) is 0.266. The number of benzene rings is 3. The molecule has 4 aromatic rings. The maximum absolute atomic E-state index is 13.6. The Morgan fingerprint density at radius 1 is 0.969 bits per heavy atom. The number of methoxy groups -OCH3 is 2. The van der Waals surface area contributed by atoms with Gasteiger partial charge in [0.05, 0.1) is 26.4 Å². The van der Waals surface area contributed by atoms with Crippen LogP contribution in [0.3, 0.4) is 0 Å². The van der Waals surface area contributed by atoms with E-state index in [-0.39, 0.29) is 11.7 Å². The Labute approximate surface area is 186 Å². The zero-order valence-corrected chi connectivity index (χ0v) is 18.1. The van der Waals surface area contributed by atoms with E-state index in [2.05, 4.69) is 4.98 Å². The summed E-state index contributed by atoms with van der Waals surface area (Å²) >= 11 is 0. The van der Waals surface area contributed by atoms with Crippen molar-refractivity contribution in [2.75, 3.05) is 20.8 Å². The Hall–Kier alpha value is -4.06. The molecule has 6 nitrogen and oxygen atoms in total. The Balaban J connectivity index is 1.85. The van der Waals surface area contributed by atoms with E-state index in [0.717, 1.165) is 0 Å². The number of para-hydroxylation sites is 3. The highest BCUT2D eigenvalue weighted by Gasteiger charge is 2.21. The largest absolute Gasteiger partial charge is 0.494 e. The molecule has 0 aliphatic heterocycles. The standard InChI is InChI=1S/C26H23NO5/c1-4-31-19-14-12-17(13-15-19)24(28)20(26-27-21-9-5-6-10-22(21)32-26)16-18-8-7-11-23(29-2)25(18)30-3/h5-16H,4H2,1-3H3/b20-16+. The second-order valence-corrected chi connectivity index (χ2v) is 6.91. The monoisotopic (exact) mass is 429 g/mol. The minimum atomic E-state index is -0.232. The number of fused-ring (bicyclic) bond motifs is 1. The maximum Gasteiger partial charge on any atom is 0.231 e. The van der Waals surface area contributed by atoms with Gasteiger partial charge in [-0.1, -0.05) is 24.3 Å². The first kappa shape index (κ1) is 21.2. The number of Topliss-reactive ketones (excluding diaryl/α,β-unsaturated/α-hetero) is 1. The molecule has 162 valence electrons. The summed E-state index contributed by atoms with van der Waals surface area (Å²) in [4.78, 5) is 18.1. The Morgan fingerprint density at radius 2 is 1.75 bits per heavy atom. The second-order valence-electron chi connectivity index (χ2n) is 6.91. The van der Waals surface area contributed by atoms with E-state index >= 15 is 0 Å². The summed E-state index contributed by atoms with van der Waals surface area (Å²) < 4.78 is 22.4. The SMILES string of the molecule is CCOc1ccc(C(=O)/C(=C\c2cccc(OC)c2OC)c2nc3ccccc3o2)cc1. The molecule has 0 saturated heterocycles. The number of carbonyl (C=O) groups excluding carboxylic acids is 1. The normalized spacial score (nSPS) is 11.4. The summed E-state index contributed by atoms with van der Waals surface area (Å²) in [5, 5.41) is 0. The van der Waals surface area contributed by atoms with E-state index in [9.17, 15) is 4.79 Å². The van der Waals surface area contributed by atoms with Crippen molar-refractivity contribution in [2.45, 2.75) is 6.92 Å². The minimum absolute atomic E-state index is 0.231. The highest BCUT2D eigenvalue weighted by Crippen LogP contribution is 2.34. The fourth-order valence-corrected chi connectivity index (χ4v) is 3.42. The van der Waals surface area contributed by atoms with Gasteiger partial charge in [-0.15, -0.1) is 0 Å². The first-order valence-corrected chi connectivity index (χ1v) is 10.2. The zero-order chi connectivity index (χ0) is 22.5. The van der Waals surface area contributed by atoms with Gasteiger partial charge in [0.25, 0.3) is 0 Å². The van der Waals surface area contributed by atoms with Gasteiger partial charge in [0.15, 0.2) is 22.9 Å². The molecule has 6 heteroatoms. The molecule has 1 heterocycles. The van der Waals surface area contributed by atoms with Crippen molar-refractivity contribution in [2.24, 2.45) is 0 Å². The summed E-state index contributed by atoms with van der Waals surface area (Å²) in [5.74, 6) is 1.78. The number of ether oxygens (including phenoxy) is 3. The Kier molecular flexibility index (Phi) is 6.22. The minimum Gasteiger partial charge on any atom is -0.494 e. The van der Waals surface area contributed by atoms with Crippen LogP contribution in [-0.4, -0.2) is 31.6 Å². The molecule has 0 aliphatic carbocycles. The van der Waals surface area contributed by atoms with Crippen LogP contribution in [0.25, 0.3) is 22.7 Å². The summed E-state index contributed by atoms with van der Waals surface area (Å²) in [7, 11) is 3.13. The molecule has 4 rings (SSSR count). The molecule has 0 N–H and O–H groups in total. The van der Waals surface area contributed by atoms with Crippen LogP contribution in [0.15, 0.2) is 71.1 Å². The molecular weight excluding hydrogens is 406 g/mol. The van der Waals surface area contributed by atoms with Gasteiger partial charge in [-0.3, -0.25) is 4.79 Å². The van der Waals surface area contributed by atoms with Crippen LogP contribution in [0.1, 0.15) is 28.7 Å². The summed E-state index contributed by atoms with van der Waals surface area (Å²) in [6.45, 7) is 2.46. The number of ketones is 1. The second kappa shape index (κ2) is 9.39. The van der Waals surface area contributed by atoms with Crippen LogP contribution in [0.4, 0.5) is 0 Å². The molecule has 32 heavy (non-hydrogen) atoms. The molecule has 0 atom stereocenters. The van der Waals surface area contributed by atoms with E-state index < -0.39 is 0 Å². The Morgan fingerprint density at radius 3 is 2.44 bits per heavy atom. The van der Waals surface area contributed by atoms with Crippen LogP contribution < -0.4 is 14.2 Å². The van der Waals surface area contributed by atoms with E-state index in [4.69, 9.17) is 18.6 Å². The molecule has 0 radical (unpaired) electrons. The average Bonchev–Trinajstić information content (AvgIpc) is 3.26. The van der Waals surface area contributed by atoms with Crippen molar-refractivity contribution in [1.82, 2.24) is 4.98 Å². The number of nitrogens with zero attached hydrogens (tertiary/aromatic N) is 1. The summed E-state index contributed by atoms with van der Waals surface area (Å²) in [6, 6.07) is 19.9. The number of rotatable bonds is 8. The molecule has 3 aromatic carbocycles. The molecule has 0 spiro atoms. The zero-order valence-electron chi connectivity index (χ0n) is 18.1. The van der Waals surface area contributed by atoms with Crippen LogP contribution in [-0.2, 0) is 0 Å². The van der Waals surface area contributed by atoms with E-state index in [1.165, 1.54) is 0 Å². The Bertz CT molecular complexity index is 1240. The third-order valence-corrected chi connectivity index (χ3v) is 4.93. The number of allylic oxidation sites excluding steroid dienone is 1. The van der Waals surface area contributed by atoms with Crippen LogP contribution in [0, 0.1) is 0 Å². The predicted octanol–water partition coefficient (Wildman–Crippen LogP) is 5.67. The molecule has 0 aliphatic rings. The summed E-state index contributed by atoms with van der Waals surface area (Å²) in [6.07, 6.45) is 1.71. The van der Waals surface area contributed by atoms with E-state index in [1.54, 1.807) is 50.6 Å². The van der Waals surface area contributed by atoms with Gasteiger partial charge in [0, 0.05) is 11.1 Å². The summed E-state index contributed by atoms with van der Waals surface area (Å²) in [5.41, 5.74) is 2.74.